The zero-order valence-corrected chi connectivity index (χ0v) is 15.2. The molecule has 26 heavy (non-hydrogen) atoms. The monoisotopic (exact) mass is 369 g/mol. The van der Waals surface area contributed by atoms with Gasteiger partial charge in [0.05, 0.1) is 12.7 Å². The molecule has 0 atom stereocenters. The van der Waals surface area contributed by atoms with Crippen molar-refractivity contribution in [2.45, 2.75) is 19.9 Å². The van der Waals surface area contributed by atoms with Gasteiger partial charge in [0.2, 0.25) is 0 Å². The van der Waals surface area contributed by atoms with Crippen LogP contribution in [0.4, 0.5) is 5.82 Å². The molecule has 0 spiro atoms. The van der Waals surface area contributed by atoms with Crippen molar-refractivity contribution < 1.29 is 9.53 Å². The second-order valence-electron chi connectivity index (χ2n) is 5.83. The van der Waals surface area contributed by atoms with Crippen molar-refractivity contribution in [1.29, 1.82) is 0 Å². The van der Waals surface area contributed by atoms with Crippen LogP contribution >= 0.6 is 11.6 Å². The van der Waals surface area contributed by atoms with E-state index in [9.17, 15) is 4.79 Å². The predicted molar refractivity (Wildman–Crippen MR) is 103 cm³/mol. The molecule has 0 fully saturated rings. The van der Waals surface area contributed by atoms with Gasteiger partial charge in [0.15, 0.2) is 6.61 Å². The molecule has 0 aliphatic carbocycles. The van der Waals surface area contributed by atoms with E-state index in [0.717, 1.165) is 12.0 Å². The summed E-state index contributed by atoms with van der Waals surface area (Å²) in [5, 5.41) is 7.73. The first-order chi connectivity index (χ1) is 12.6. The van der Waals surface area contributed by atoms with E-state index in [0.29, 0.717) is 23.1 Å². The molecule has 0 bridgehead atoms. The maximum atomic E-state index is 12.1. The van der Waals surface area contributed by atoms with Gasteiger partial charge in [-0.15, -0.1) is 0 Å². The Bertz CT molecular complexity index is 858. The third-order valence-electron chi connectivity index (χ3n) is 3.93. The zero-order valence-electron chi connectivity index (χ0n) is 14.5. The summed E-state index contributed by atoms with van der Waals surface area (Å²) in [4.78, 5) is 12.1. The fourth-order valence-corrected chi connectivity index (χ4v) is 2.60. The van der Waals surface area contributed by atoms with Crippen LogP contribution in [0.5, 0.6) is 5.75 Å². The van der Waals surface area contributed by atoms with Crippen LogP contribution in [-0.4, -0.2) is 22.3 Å². The summed E-state index contributed by atoms with van der Waals surface area (Å²) in [6.45, 7) is 2.63. The van der Waals surface area contributed by atoms with Crippen LogP contribution in [0, 0.1) is 0 Å². The van der Waals surface area contributed by atoms with E-state index in [-0.39, 0.29) is 12.5 Å². The Morgan fingerprint density at radius 2 is 1.77 bits per heavy atom. The number of carbonyl (C=O) groups is 1. The van der Waals surface area contributed by atoms with Crippen LogP contribution in [-0.2, 0) is 17.8 Å². The molecule has 1 heterocycles. The number of aryl methyl sites for hydroxylation is 1. The number of carbonyl (C=O) groups excluding carboxylic acids is 1. The summed E-state index contributed by atoms with van der Waals surface area (Å²) in [6.07, 6.45) is 2.67. The number of benzene rings is 2. The molecule has 0 aliphatic rings. The van der Waals surface area contributed by atoms with E-state index >= 15 is 0 Å². The van der Waals surface area contributed by atoms with Crippen LogP contribution in [0.2, 0.25) is 5.02 Å². The van der Waals surface area contributed by atoms with Gasteiger partial charge in [-0.25, -0.2) is 4.68 Å². The van der Waals surface area contributed by atoms with Gasteiger partial charge in [-0.05, 0) is 41.8 Å². The zero-order chi connectivity index (χ0) is 18.4. The Labute approximate surface area is 157 Å². The number of hydrogen-bond acceptors (Lipinski definition) is 3. The fourth-order valence-electron chi connectivity index (χ4n) is 2.48. The smallest absolute Gasteiger partial charge is 0.263 e. The Morgan fingerprint density at radius 1 is 1.08 bits per heavy atom. The summed E-state index contributed by atoms with van der Waals surface area (Å²) in [6, 6.07) is 17.0. The average molecular weight is 370 g/mol. The Hall–Kier alpha value is -2.79. The molecule has 1 amide bonds. The number of anilines is 1. The lowest BCUT2D eigenvalue weighted by atomic mass is 10.1. The Morgan fingerprint density at radius 3 is 2.46 bits per heavy atom. The van der Waals surface area contributed by atoms with Crippen molar-refractivity contribution in [3.63, 3.8) is 0 Å². The van der Waals surface area contributed by atoms with E-state index in [1.165, 1.54) is 5.56 Å². The summed E-state index contributed by atoms with van der Waals surface area (Å²) < 4.78 is 7.21. The standard InChI is InChI=1S/C20H20ClN3O2/c1-2-15-3-5-16(6-4-15)13-24-19(11-12-22-24)23-20(25)14-26-18-9-7-17(21)8-10-18/h3-12H,2,13-14H2,1H3,(H,23,25). The van der Waals surface area contributed by atoms with Crippen molar-refractivity contribution >= 4 is 23.3 Å². The van der Waals surface area contributed by atoms with E-state index in [1.807, 2.05) is 0 Å². The predicted octanol–water partition coefficient (Wildman–Crippen LogP) is 4.16. The molecule has 0 saturated carbocycles. The van der Waals surface area contributed by atoms with Crippen molar-refractivity contribution in [3.05, 3.63) is 76.9 Å². The number of aromatic nitrogens is 2. The molecular formula is C20H20ClN3O2. The van der Waals surface area contributed by atoms with Crippen molar-refractivity contribution in [2.24, 2.45) is 0 Å². The van der Waals surface area contributed by atoms with Gasteiger partial charge in [-0.2, -0.15) is 5.10 Å². The molecule has 0 unspecified atom stereocenters. The molecular weight excluding hydrogens is 350 g/mol. The highest BCUT2D eigenvalue weighted by Gasteiger charge is 2.09. The van der Waals surface area contributed by atoms with Gasteiger partial charge >= 0.3 is 0 Å². The van der Waals surface area contributed by atoms with E-state index in [1.54, 1.807) is 41.2 Å². The number of amides is 1. The van der Waals surface area contributed by atoms with Crippen LogP contribution in [0.15, 0.2) is 60.8 Å². The molecule has 3 aromatic rings. The maximum Gasteiger partial charge on any atom is 0.263 e. The molecule has 0 radical (unpaired) electrons. The quantitative estimate of drug-likeness (QED) is 0.680. The topological polar surface area (TPSA) is 56.2 Å². The summed E-state index contributed by atoms with van der Waals surface area (Å²) in [5.41, 5.74) is 2.42. The number of ether oxygens (including phenoxy) is 1. The van der Waals surface area contributed by atoms with Crippen molar-refractivity contribution in [1.82, 2.24) is 9.78 Å². The van der Waals surface area contributed by atoms with Crippen LogP contribution in [0.25, 0.3) is 0 Å². The van der Waals surface area contributed by atoms with Crippen molar-refractivity contribution in [3.8, 4) is 5.75 Å². The van der Waals surface area contributed by atoms with Crippen LogP contribution < -0.4 is 10.1 Å². The average Bonchev–Trinajstić information content (AvgIpc) is 3.08. The summed E-state index contributed by atoms with van der Waals surface area (Å²) >= 11 is 5.83. The Kier molecular flexibility index (Phi) is 5.92. The van der Waals surface area contributed by atoms with Crippen LogP contribution in [0.1, 0.15) is 18.1 Å². The molecule has 0 saturated heterocycles. The number of nitrogens with zero attached hydrogens (tertiary/aromatic N) is 2. The van der Waals surface area contributed by atoms with Gasteiger partial charge in [0.1, 0.15) is 11.6 Å². The highest BCUT2D eigenvalue weighted by molar-refractivity contribution is 6.30. The third kappa shape index (κ3) is 4.86. The lowest BCUT2D eigenvalue weighted by molar-refractivity contribution is -0.118. The van der Waals surface area contributed by atoms with Gasteiger partial charge in [0.25, 0.3) is 5.91 Å². The largest absolute Gasteiger partial charge is 0.484 e. The molecule has 3 rings (SSSR count). The summed E-state index contributed by atoms with van der Waals surface area (Å²) in [7, 11) is 0. The Balaban J connectivity index is 1.57. The van der Waals surface area contributed by atoms with Crippen LogP contribution in [0.3, 0.4) is 0 Å². The maximum absolute atomic E-state index is 12.1. The third-order valence-corrected chi connectivity index (χ3v) is 4.18. The number of halogens is 1. The summed E-state index contributed by atoms with van der Waals surface area (Å²) in [5.74, 6) is 0.978. The minimum atomic E-state index is -0.247. The SMILES string of the molecule is CCc1ccc(Cn2nccc2NC(=O)COc2ccc(Cl)cc2)cc1. The van der Waals surface area contributed by atoms with E-state index < -0.39 is 0 Å². The number of hydrogen-bond donors (Lipinski definition) is 1. The second kappa shape index (κ2) is 8.54. The first-order valence-corrected chi connectivity index (χ1v) is 8.79. The molecule has 0 aliphatic heterocycles. The molecule has 134 valence electrons. The van der Waals surface area contributed by atoms with Gasteiger partial charge < -0.3 is 10.1 Å². The highest BCUT2D eigenvalue weighted by Crippen LogP contribution is 2.16. The molecule has 1 N–H and O–H groups in total. The molecule has 5 nitrogen and oxygen atoms in total. The van der Waals surface area contributed by atoms with E-state index in [4.69, 9.17) is 16.3 Å². The minimum Gasteiger partial charge on any atom is -0.484 e. The van der Waals surface area contributed by atoms with Crippen molar-refractivity contribution in [2.75, 3.05) is 11.9 Å². The minimum absolute atomic E-state index is 0.0853. The van der Waals surface area contributed by atoms with E-state index in [2.05, 4.69) is 41.6 Å². The molecule has 6 heteroatoms. The van der Waals surface area contributed by atoms with Gasteiger partial charge in [-0.1, -0.05) is 42.8 Å². The fraction of sp³-hybridized carbons (Fsp3) is 0.200. The first-order valence-electron chi connectivity index (χ1n) is 8.42. The van der Waals surface area contributed by atoms with Gasteiger partial charge in [0, 0.05) is 11.1 Å². The number of rotatable bonds is 7. The lowest BCUT2D eigenvalue weighted by Crippen LogP contribution is -2.22. The molecule has 2 aromatic carbocycles. The molecule has 1 aromatic heterocycles. The normalized spacial score (nSPS) is 10.5. The first kappa shape index (κ1) is 18.0. The lowest BCUT2D eigenvalue weighted by Gasteiger charge is -2.10. The second-order valence-corrected chi connectivity index (χ2v) is 6.27. The number of nitrogens with one attached hydrogen (secondary N) is 1. The van der Waals surface area contributed by atoms with Gasteiger partial charge in [-0.3, -0.25) is 4.79 Å². The highest BCUT2D eigenvalue weighted by atomic mass is 35.5.